The van der Waals surface area contributed by atoms with E-state index < -0.39 is 0 Å². The van der Waals surface area contributed by atoms with Crippen molar-refractivity contribution >= 4 is 6.29 Å². The lowest BCUT2D eigenvalue weighted by Crippen LogP contribution is -2.31. The van der Waals surface area contributed by atoms with Gasteiger partial charge in [-0.1, -0.05) is 45.9 Å². The lowest BCUT2D eigenvalue weighted by atomic mass is 10.1. The first-order chi connectivity index (χ1) is 12.6. The summed E-state index contributed by atoms with van der Waals surface area (Å²) in [5.74, 6) is 1.31. The third kappa shape index (κ3) is 8.43. The Balaban J connectivity index is 0.000000284. The van der Waals surface area contributed by atoms with Crippen LogP contribution in [0.15, 0.2) is 24.3 Å². The van der Waals surface area contributed by atoms with Gasteiger partial charge in [-0.2, -0.15) is 0 Å². The molecule has 2 atom stereocenters. The summed E-state index contributed by atoms with van der Waals surface area (Å²) in [6.45, 7) is 11.4. The van der Waals surface area contributed by atoms with E-state index in [0.29, 0.717) is 23.9 Å². The van der Waals surface area contributed by atoms with E-state index in [2.05, 4.69) is 30.5 Å². The molecule has 1 saturated heterocycles. The first kappa shape index (κ1) is 22.8. The SMILES string of the molecule is CC.CC(C)CNC1CC1c1cccc(C=O)c1.CNC1CCOCC1. The van der Waals surface area contributed by atoms with Crippen molar-refractivity contribution in [3.8, 4) is 0 Å². The highest BCUT2D eigenvalue weighted by molar-refractivity contribution is 5.75. The van der Waals surface area contributed by atoms with Gasteiger partial charge in [0.25, 0.3) is 0 Å². The molecule has 1 aromatic carbocycles. The van der Waals surface area contributed by atoms with Crippen molar-refractivity contribution in [2.24, 2.45) is 5.92 Å². The number of ether oxygens (including phenoxy) is 1. The van der Waals surface area contributed by atoms with Crippen LogP contribution in [0, 0.1) is 5.92 Å². The fourth-order valence-electron chi connectivity index (χ4n) is 3.03. The second kappa shape index (κ2) is 13.0. The van der Waals surface area contributed by atoms with Crippen LogP contribution in [0.3, 0.4) is 0 Å². The summed E-state index contributed by atoms with van der Waals surface area (Å²) in [5.41, 5.74) is 2.08. The van der Waals surface area contributed by atoms with Gasteiger partial charge in [-0.25, -0.2) is 0 Å². The van der Waals surface area contributed by atoms with Crippen molar-refractivity contribution < 1.29 is 9.53 Å². The van der Waals surface area contributed by atoms with Crippen molar-refractivity contribution in [1.82, 2.24) is 10.6 Å². The molecule has 1 aromatic rings. The van der Waals surface area contributed by atoms with E-state index in [1.54, 1.807) is 0 Å². The number of nitrogens with one attached hydrogen (secondary N) is 2. The Bertz CT molecular complexity index is 499. The summed E-state index contributed by atoms with van der Waals surface area (Å²) in [5, 5.41) is 6.78. The lowest BCUT2D eigenvalue weighted by Gasteiger charge is -2.20. The van der Waals surface area contributed by atoms with E-state index >= 15 is 0 Å². The van der Waals surface area contributed by atoms with Gasteiger partial charge in [0, 0.05) is 36.8 Å². The van der Waals surface area contributed by atoms with Crippen LogP contribution in [0.1, 0.15) is 68.8 Å². The number of aldehydes is 1. The van der Waals surface area contributed by atoms with Crippen molar-refractivity contribution in [3.05, 3.63) is 35.4 Å². The van der Waals surface area contributed by atoms with Crippen LogP contribution in [0.5, 0.6) is 0 Å². The van der Waals surface area contributed by atoms with Crippen molar-refractivity contribution in [2.75, 3.05) is 26.8 Å². The van der Waals surface area contributed by atoms with Crippen LogP contribution in [-0.4, -0.2) is 45.2 Å². The Morgan fingerprint density at radius 1 is 1.23 bits per heavy atom. The predicted molar refractivity (Wildman–Crippen MR) is 110 cm³/mol. The van der Waals surface area contributed by atoms with Crippen LogP contribution >= 0.6 is 0 Å². The van der Waals surface area contributed by atoms with Crippen molar-refractivity contribution in [3.63, 3.8) is 0 Å². The molecule has 0 aromatic heterocycles. The number of hydrogen-bond acceptors (Lipinski definition) is 4. The average Bonchev–Trinajstić information content (AvgIpc) is 3.49. The fourth-order valence-corrected chi connectivity index (χ4v) is 3.03. The third-order valence-corrected chi connectivity index (χ3v) is 4.68. The lowest BCUT2D eigenvalue weighted by molar-refractivity contribution is 0.0799. The minimum absolute atomic E-state index is 0.610. The van der Waals surface area contributed by atoms with Crippen molar-refractivity contribution in [1.29, 1.82) is 0 Å². The number of carbonyl (C=O) groups is 1. The molecule has 2 unspecified atom stereocenters. The molecule has 2 aliphatic rings. The molecule has 0 bridgehead atoms. The average molecular weight is 363 g/mol. The van der Waals surface area contributed by atoms with E-state index in [0.717, 1.165) is 31.6 Å². The molecule has 3 rings (SSSR count). The topological polar surface area (TPSA) is 50.4 Å². The highest BCUT2D eigenvalue weighted by Gasteiger charge is 2.37. The quantitative estimate of drug-likeness (QED) is 0.751. The Morgan fingerprint density at radius 3 is 2.46 bits per heavy atom. The molecule has 2 fully saturated rings. The molecule has 2 N–H and O–H groups in total. The van der Waals surface area contributed by atoms with Crippen LogP contribution in [0.2, 0.25) is 0 Å². The van der Waals surface area contributed by atoms with E-state index in [1.807, 2.05) is 39.1 Å². The summed E-state index contributed by atoms with van der Waals surface area (Å²) in [6.07, 6.45) is 4.48. The first-order valence-corrected chi connectivity index (χ1v) is 10.2. The standard InChI is InChI=1S/C14H19NO.C6H13NO.C2H6/c1-10(2)8-15-14-7-13(14)12-5-3-4-11(6-12)9-16;1-7-6-2-4-8-5-3-6;1-2/h3-6,9-10,13-15H,7-8H2,1-2H3;6-7H,2-5H2,1H3;1-2H3. The Kier molecular flexibility index (Phi) is 11.4. The van der Waals surface area contributed by atoms with Gasteiger partial charge >= 0.3 is 0 Å². The molecule has 148 valence electrons. The highest BCUT2D eigenvalue weighted by atomic mass is 16.5. The predicted octanol–water partition coefficient (Wildman–Crippen LogP) is 4.01. The summed E-state index contributed by atoms with van der Waals surface area (Å²) < 4.78 is 5.16. The van der Waals surface area contributed by atoms with Gasteiger partial charge in [-0.3, -0.25) is 4.79 Å². The Hall–Kier alpha value is -1.23. The summed E-state index contributed by atoms with van der Waals surface area (Å²) in [4.78, 5) is 10.7. The van der Waals surface area contributed by atoms with Crippen molar-refractivity contribution in [2.45, 2.75) is 65.0 Å². The van der Waals surface area contributed by atoms with E-state index in [4.69, 9.17) is 4.74 Å². The number of benzene rings is 1. The zero-order valence-corrected chi connectivity index (χ0v) is 17.3. The van der Waals surface area contributed by atoms with E-state index in [-0.39, 0.29) is 0 Å². The summed E-state index contributed by atoms with van der Waals surface area (Å²) in [6, 6.07) is 9.28. The molecule has 1 aliphatic carbocycles. The minimum atomic E-state index is 0.610. The van der Waals surface area contributed by atoms with Crippen LogP contribution in [0.4, 0.5) is 0 Å². The van der Waals surface area contributed by atoms with Gasteiger partial charge in [0.05, 0.1) is 0 Å². The van der Waals surface area contributed by atoms with Crippen LogP contribution in [0.25, 0.3) is 0 Å². The van der Waals surface area contributed by atoms with Crippen LogP contribution < -0.4 is 10.6 Å². The monoisotopic (exact) mass is 362 g/mol. The Morgan fingerprint density at radius 2 is 1.92 bits per heavy atom. The molecular formula is C22H38N2O2. The fraction of sp³-hybridized carbons (Fsp3) is 0.682. The maximum absolute atomic E-state index is 10.7. The third-order valence-electron chi connectivity index (χ3n) is 4.68. The Labute approximate surface area is 160 Å². The molecule has 0 radical (unpaired) electrons. The zero-order chi connectivity index (χ0) is 19.4. The second-order valence-electron chi connectivity index (χ2n) is 7.21. The number of hydrogen-bond donors (Lipinski definition) is 2. The molecule has 4 heteroatoms. The molecule has 0 amide bonds. The maximum Gasteiger partial charge on any atom is 0.150 e. The summed E-state index contributed by atoms with van der Waals surface area (Å²) in [7, 11) is 2.01. The highest BCUT2D eigenvalue weighted by Crippen LogP contribution is 2.40. The van der Waals surface area contributed by atoms with Crippen LogP contribution in [-0.2, 0) is 4.74 Å². The van der Waals surface area contributed by atoms with Gasteiger partial charge in [0.2, 0.25) is 0 Å². The molecule has 4 nitrogen and oxygen atoms in total. The van der Waals surface area contributed by atoms with E-state index in [1.165, 1.54) is 24.8 Å². The number of rotatable bonds is 6. The maximum atomic E-state index is 10.7. The number of carbonyl (C=O) groups excluding carboxylic acids is 1. The normalized spacial score (nSPS) is 21.9. The van der Waals surface area contributed by atoms with Gasteiger partial charge < -0.3 is 15.4 Å². The van der Waals surface area contributed by atoms with Gasteiger partial charge in [-0.05, 0) is 50.4 Å². The zero-order valence-electron chi connectivity index (χ0n) is 17.3. The van der Waals surface area contributed by atoms with Gasteiger partial charge in [0.15, 0.2) is 0 Å². The molecule has 0 spiro atoms. The molecule has 1 saturated carbocycles. The first-order valence-electron chi connectivity index (χ1n) is 10.2. The molecule has 1 heterocycles. The van der Waals surface area contributed by atoms with Gasteiger partial charge in [-0.15, -0.1) is 0 Å². The minimum Gasteiger partial charge on any atom is -0.381 e. The molecular weight excluding hydrogens is 324 g/mol. The largest absolute Gasteiger partial charge is 0.381 e. The smallest absolute Gasteiger partial charge is 0.150 e. The van der Waals surface area contributed by atoms with Gasteiger partial charge in [0.1, 0.15) is 6.29 Å². The van der Waals surface area contributed by atoms with E-state index in [9.17, 15) is 4.79 Å². The molecule has 26 heavy (non-hydrogen) atoms. The second-order valence-corrected chi connectivity index (χ2v) is 7.21. The summed E-state index contributed by atoms with van der Waals surface area (Å²) >= 11 is 0. The molecule has 1 aliphatic heterocycles.